The Kier molecular flexibility index (Phi) is 7.44. The van der Waals surface area contributed by atoms with Gasteiger partial charge in [0.15, 0.2) is 5.78 Å². The number of carbonyl (C=O) groups is 1. The lowest BCUT2D eigenvalue weighted by Crippen LogP contribution is -2.19. The number of aromatic hydroxyl groups is 1. The quantitative estimate of drug-likeness (QED) is 0.298. The first-order valence-electron chi connectivity index (χ1n) is 9.23. The van der Waals surface area contributed by atoms with Crippen molar-refractivity contribution in [3.63, 3.8) is 0 Å². The molecule has 9 heteroatoms. The number of hydrogen-bond donors (Lipinski definition) is 2. The van der Waals surface area contributed by atoms with Gasteiger partial charge in [0.25, 0.3) is 0 Å². The molecule has 0 saturated heterocycles. The monoisotopic (exact) mass is 470 g/mol. The molecule has 1 heterocycles. The number of hydrogen-bond acceptors (Lipinski definition) is 8. The lowest BCUT2D eigenvalue weighted by molar-refractivity contribution is 0.103. The number of nitrogens with zero attached hydrogens (tertiary/aromatic N) is 3. The van der Waals surface area contributed by atoms with E-state index in [0.29, 0.717) is 26.6 Å². The van der Waals surface area contributed by atoms with Gasteiger partial charge < -0.3 is 10.1 Å². The Morgan fingerprint density at radius 3 is 1.74 bits per heavy atom. The number of nitriles is 3. The molecule has 2 aromatic rings. The molecule has 1 aromatic heterocycles. The summed E-state index contributed by atoms with van der Waals surface area (Å²) in [5.74, 6) is -0.225. The second-order valence-electron chi connectivity index (χ2n) is 8.82. The van der Waals surface area contributed by atoms with Gasteiger partial charge in [0, 0.05) is 40.2 Å². The molecule has 2 rings (SSSR count). The fraction of sp³-hybridized carbons (Fsp3) is 0.364. The van der Waals surface area contributed by atoms with Crippen LogP contribution in [0.5, 0.6) is 5.75 Å². The summed E-state index contributed by atoms with van der Waals surface area (Å²) >= 11 is 2.33. The zero-order chi connectivity index (χ0) is 23.6. The van der Waals surface area contributed by atoms with Crippen molar-refractivity contribution < 1.29 is 9.90 Å². The van der Waals surface area contributed by atoms with Crippen LogP contribution in [-0.4, -0.2) is 15.9 Å². The molecule has 0 bridgehead atoms. The van der Waals surface area contributed by atoms with Crippen molar-refractivity contribution in [3.05, 3.63) is 34.4 Å². The first-order chi connectivity index (χ1) is 14.4. The molecule has 2 N–H and O–H groups in total. The molecule has 0 unspecified atom stereocenters. The van der Waals surface area contributed by atoms with Gasteiger partial charge in [-0.15, -0.1) is 0 Å². The van der Waals surface area contributed by atoms with Gasteiger partial charge in [-0.3, -0.25) is 4.79 Å². The number of aromatic nitrogens is 1. The highest BCUT2D eigenvalue weighted by Crippen LogP contribution is 2.43. The molecule has 0 saturated carbocycles. The van der Waals surface area contributed by atoms with Gasteiger partial charge in [-0.05, 0) is 34.7 Å². The topological polar surface area (TPSA) is 124 Å². The van der Waals surface area contributed by atoms with E-state index in [4.69, 9.17) is 5.26 Å². The van der Waals surface area contributed by atoms with E-state index in [-0.39, 0.29) is 22.1 Å². The van der Waals surface area contributed by atoms with Crippen LogP contribution >= 0.6 is 35.3 Å². The Bertz CT molecular complexity index is 1120. The summed E-state index contributed by atoms with van der Waals surface area (Å²) in [6.07, 6.45) is 0. The predicted octanol–water partition coefficient (Wildman–Crippen LogP) is 6.27. The summed E-state index contributed by atoms with van der Waals surface area (Å²) in [5.41, 5.74) is 0.952. The lowest BCUT2D eigenvalue weighted by Gasteiger charge is -2.28. The summed E-state index contributed by atoms with van der Waals surface area (Å²) < 4.78 is 0. The molecule has 6 nitrogen and oxygen atoms in total. The van der Waals surface area contributed by atoms with Gasteiger partial charge in [-0.25, -0.2) is 0 Å². The number of carbonyl (C=O) groups excluding carboxylic acids is 1. The van der Waals surface area contributed by atoms with Crippen LogP contribution in [0.1, 0.15) is 68.6 Å². The van der Waals surface area contributed by atoms with Crippen molar-refractivity contribution in [2.75, 3.05) is 0 Å². The fourth-order valence-corrected chi connectivity index (χ4v) is 4.97. The second kappa shape index (κ2) is 9.32. The van der Waals surface area contributed by atoms with E-state index < -0.39 is 10.8 Å². The van der Waals surface area contributed by atoms with Gasteiger partial charge in [0.2, 0.25) is 0 Å². The molecule has 0 aliphatic rings. The SMILES string of the molecule is CC(C)(C)c1cc(C(=O)c2c(SC#N)[nH]c(SC#N)c2SC#N)cc(C(C)(C)C)c1O. The number of ketones is 1. The summed E-state index contributed by atoms with van der Waals surface area (Å²) in [4.78, 5) is 16.9. The number of thioether (sulfide) groups is 3. The third-order valence-corrected chi connectivity index (χ3v) is 6.58. The average Bonchev–Trinajstić information content (AvgIpc) is 2.97. The van der Waals surface area contributed by atoms with Gasteiger partial charge in [-0.2, -0.15) is 15.8 Å². The second-order valence-corrected chi connectivity index (χ2v) is 11.2. The summed E-state index contributed by atoms with van der Waals surface area (Å²) in [7, 11) is 0. The normalized spacial score (nSPS) is 11.5. The number of phenolic OH excluding ortho intramolecular Hbond substituents is 1. The van der Waals surface area contributed by atoms with Crippen molar-refractivity contribution in [3.8, 4) is 22.0 Å². The molecule has 0 amide bonds. The van der Waals surface area contributed by atoms with Crippen LogP contribution in [0.15, 0.2) is 27.1 Å². The van der Waals surface area contributed by atoms with E-state index in [1.165, 1.54) is 0 Å². The van der Waals surface area contributed by atoms with Crippen LogP contribution < -0.4 is 0 Å². The minimum atomic E-state index is -0.422. The third-order valence-electron chi connectivity index (χ3n) is 4.55. The minimum absolute atomic E-state index is 0.157. The highest BCUT2D eigenvalue weighted by molar-refractivity contribution is 8.07. The largest absolute Gasteiger partial charge is 0.507 e. The van der Waals surface area contributed by atoms with Gasteiger partial charge >= 0.3 is 0 Å². The first kappa shape index (κ1) is 24.8. The Hall–Kier alpha value is -2.51. The molecule has 0 aliphatic heterocycles. The van der Waals surface area contributed by atoms with Crippen molar-refractivity contribution in [1.29, 1.82) is 15.8 Å². The van der Waals surface area contributed by atoms with Crippen molar-refractivity contribution in [2.45, 2.75) is 67.3 Å². The Balaban J connectivity index is 2.85. The molecule has 0 atom stereocenters. The molecular weight excluding hydrogens is 448 g/mol. The Labute approximate surface area is 195 Å². The van der Waals surface area contributed by atoms with Crippen molar-refractivity contribution in [2.24, 2.45) is 0 Å². The summed E-state index contributed by atoms with van der Waals surface area (Å²) in [6, 6.07) is 3.33. The minimum Gasteiger partial charge on any atom is -0.507 e. The molecule has 31 heavy (non-hydrogen) atoms. The molecular formula is C22H22N4O2S3. The summed E-state index contributed by atoms with van der Waals surface area (Å²) in [5, 5.41) is 45.0. The van der Waals surface area contributed by atoms with Gasteiger partial charge in [0.05, 0.1) is 10.5 Å². The van der Waals surface area contributed by atoms with Crippen LogP contribution in [0.4, 0.5) is 0 Å². The van der Waals surface area contributed by atoms with Crippen LogP contribution in [0, 0.1) is 32.0 Å². The van der Waals surface area contributed by atoms with E-state index in [1.54, 1.807) is 12.1 Å². The molecule has 1 aromatic carbocycles. The summed E-state index contributed by atoms with van der Waals surface area (Å²) in [6.45, 7) is 11.7. The van der Waals surface area contributed by atoms with Crippen LogP contribution in [-0.2, 0) is 10.8 Å². The number of rotatable bonds is 5. The van der Waals surface area contributed by atoms with E-state index in [1.807, 2.05) is 57.7 Å². The smallest absolute Gasteiger partial charge is 0.196 e. The lowest BCUT2D eigenvalue weighted by atomic mass is 9.78. The van der Waals surface area contributed by atoms with Crippen LogP contribution in [0.2, 0.25) is 0 Å². The van der Waals surface area contributed by atoms with Crippen LogP contribution in [0.25, 0.3) is 0 Å². The van der Waals surface area contributed by atoms with Gasteiger partial charge in [0.1, 0.15) is 32.0 Å². The Morgan fingerprint density at radius 1 is 0.871 bits per heavy atom. The predicted molar refractivity (Wildman–Crippen MR) is 124 cm³/mol. The zero-order valence-corrected chi connectivity index (χ0v) is 20.5. The average molecular weight is 471 g/mol. The van der Waals surface area contributed by atoms with Crippen molar-refractivity contribution in [1.82, 2.24) is 4.98 Å². The van der Waals surface area contributed by atoms with Gasteiger partial charge in [-0.1, -0.05) is 41.5 Å². The standard InChI is InChI=1S/C22H22N4O2S3/c1-21(2,3)13-7-12(8-14(17(13)28)22(4,5)6)16(27)15-18(29-9-23)20(31-11-25)26-19(15)30-10-24/h7-8,26,28H,1-6H3. The molecule has 0 aliphatic carbocycles. The first-order valence-corrected chi connectivity index (χ1v) is 11.7. The van der Waals surface area contributed by atoms with Crippen LogP contribution in [0.3, 0.4) is 0 Å². The van der Waals surface area contributed by atoms with E-state index in [2.05, 4.69) is 4.98 Å². The van der Waals surface area contributed by atoms with E-state index in [9.17, 15) is 20.4 Å². The fourth-order valence-electron chi connectivity index (χ4n) is 3.08. The number of aromatic amines is 1. The number of phenols is 1. The van der Waals surface area contributed by atoms with Crippen molar-refractivity contribution >= 4 is 41.1 Å². The maximum atomic E-state index is 13.7. The zero-order valence-electron chi connectivity index (χ0n) is 18.1. The maximum absolute atomic E-state index is 13.7. The Morgan fingerprint density at radius 2 is 1.32 bits per heavy atom. The molecule has 0 spiro atoms. The molecule has 0 radical (unpaired) electrons. The van der Waals surface area contributed by atoms with E-state index >= 15 is 0 Å². The third kappa shape index (κ3) is 5.22. The number of thiocyanates is 3. The highest BCUT2D eigenvalue weighted by Gasteiger charge is 2.31. The molecule has 0 fully saturated rings. The molecule has 160 valence electrons. The number of H-pyrrole nitrogens is 1. The maximum Gasteiger partial charge on any atom is 0.196 e. The van der Waals surface area contributed by atoms with E-state index in [0.717, 1.165) is 35.3 Å². The highest BCUT2D eigenvalue weighted by atomic mass is 32.2. The number of benzene rings is 1. The number of nitrogens with one attached hydrogen (secondary N) is 1.